The van der Waals surface area contributed by atoms with Crippen LogP contribution in [0.25, 0.3) is 0 Å². The van der Waals surface area contributed by atoms with Gasteiger partial charge in [0.2, 0.25) is 5.88 Å². The molecule has 0 aliphatic heterocycles. The maximum Gasteiger partial charge on any atom is 0.219 e. The number of nitrogens with zero attached hydrogens (tertiary/aromatic N) is 2. The van der Waals surface area contributed by atoms with Crippen LogP contribution < -0.4 is 4.74 Å². The van der Waals surface area contributed by atoms with Crippen LogP contribution in [0, 0.1) is 11.8 Å². The number of carbonyl (C=O) groups excluding carboxylic acids is 1. The van der Waals surface area contributed by atoms with Gasteiger partial charge in [-0.3, -0.25) is 4.79 Å². The number of hydrogen-bond acceptors (Lipinski definition) is 4. The number of fused-ring (bicyclic) bond motifs is 3. The maximum absolute atomic E-state index is 12.0. The topological polar surface area (TPSA) is 52.1 Å². The summed E-state index contributed by atoms with van der Waals surface area (Å²) in [6, 6.07) is 0. The molecule has 19 heavy (non-hydrogen) atoms. The lowest BCUT2D eigenvalue weighted by atomic mass is 9.56. The number of ketones is 1. The van der Waals surface area contributed by atoms with E-state index in [0.29, 0.717) is 24.0 Å². The van der Waals surface area contributed by atoms with Gasteiger partial charge in [0.25, 0.3) is 0 Å². The molecule has 3 atom stereocenters. The zero-order chi connectivity index (χ0) is 13.6. The van der Waals surface area contributed by atoms with Gasteiger partial charge in [-0.15, -0.1) is 0 Å². The molecule has 1 aromatic rings. The summed E-state index contributed by atoms with van der Waals surface area (Å²) in [7, 11) is 1.66. The highest BCUT2D eigenvalue weighted by atomic mass is 16.5. The van der Waals surface area contributed by atoms with Crippen molar-refractivity contribution in [3.8, 4) is 5.88 Å². The zero-order valence-corrected chi connectivity index (χ0v) is 11.8. The number of aromatic nitrogens is 2. The molecule has 1 heterocycles. The van der Waals surface area contributed by atoms with Gasteiger partial charge in [0, 0.05) is 23.3 Å². The van der Waals surface area contributed by atoms with Crippen LogP contribution in [0.2, 0.25) is 0 Å². The standard InChI is InChI=1S/C15H20N2O2/c1-9-11-5-4-10-13(16-8-17-14(10)19-3)15(11,2)7-6-12(9)18/h8-9,11H,4-7H2,1-3H3/t9-,11-,15-/m0/s1. The highest BCUT2D eigenvalue weighted by Gasteiger charge is 2.49. The molecule has 0 aromatic carbocycles. The fraction of sp³-hybridized carbons (Fsp3) is 0.667. The van der Waals surface area contributed by atoms with Crippen LogP contribution in [-0.2, 0) is 16.6 Å². The molecule has 0 radical (unpaired) electrons. The van der Waals surface area contributed by atoms with E-state index in [1.165, 1.54) is 0 Å². The molecule has 0 saturated heterocycles. The molecule has 0 unspecified atom stereocenters. The molecule has 0 N–H and O–H groups in total. The Labute approximate surface area is 113 Å². The van der Waals surface area contributed by atoms with Crippen molar-refractivity contribution in [1.29, 1.82) is 0 Å². The second-order valence-electron chi connectivity index (χ2n) is 6.03. The van der Waals surface area contributed by atoms with Gasteiger partial charge < -0.3 is 4.74 Å². The Hall–Kier alpha value is -1.45. The minimum Gasteiger partial charge on any atom is -0.481 e. The minimum absolute atomic E-state index is 0.00285. The van der Waals surface area contributed by atoms with Crippen LogP contribution in [0.5, 0.6) is 5.88 Å². The summed E-state index contributed by atoms with van der Waals surface area (Å²) >= 11 is 0. The number of rotatable bonds is 1. The first-order chi connectivity index (χ1) is 9.08. The number of ether oxygens (including phenoxy) is 1. The molecule has 0 bridgehead atoms. The Morgan fingerprint density at radius 3 is 2.89 bits per heavy atom. The molecular weight excluding hydrogens is 240 g/mol. The molecule has 3 rings (SSSR count). The summed E-state index contributed by atoms with van der Waals surface area (Å²) in [5.74, 6) is 1.66. The number of hydrogen-bond donors (Lipinski definition) is 0. The second-order valence-corrected chi connectivity index (χ2v) is 6.03. The van der Waals surface area contributed by atoms with E-state index in [1.54, 1.807) is 13.4 Å². The highest BCUT2D eigenvalue weighted by molar-refractivity contribution is 5.82. The third-order valence-corrected chi connectivity index (χ3v) is 5.17. The predicted octanol–water partition coefficient (Wildman–Crippen LogP) is 2.30. The van der Waals surface area contributed by atoms with Crippen LogP contribution >= 0.6 is 0 Å². The van der Waals surface area contributed by atoms with Gasteiger partial charge in [-0.25, -0.2) is 9.97 Å². The molecule has 4 heteroatoms. The largest absolute Gasteiger partial charge is 0.481 e. The summed E-state index contributed by atoms with van der Waals surface area (Å²) in [5, 5.41) is 0. The van der Waals surface area contributed by atoms with Crippen LogP contribution in [0.1, 0.15) is 44.4 Å². The highest BCUT2D eigenvalue weighted by Crippen LogP contribution is 2.51. The first kappa shape index (κ1) is 12.6. The van der Waals surface area contributed by atoms with E-state index in [9.17, 15) is 4.79 Å². The van der Waals surface area contributed by atoms with Gasteiger partial charge >= 0.3 is 0 Å². The summed E-state index contributed by atoms with van der Waals surface area (Å²) in [5.41, 5.74) is 2.25. The van der Waals surface area contributed by atoms with Crippen LogP contribution in [0.4, 0.5) is 0 Å². The van der Waals surface area contributed by atoms with Gasteiger partial charge in [-0.2, -0.15) is 0 Å². The third kappa shape index (κ3) is 1.69. The second kappa shape index (κ2) is 4.29. The van der Waals surface area contributed by atoms with Gasteiger partial charge in [0.05, 0.1) is 12.8 Å². The van der Waals surface area contributed by atoms with Crippen molar-refractivity contribution in [3.63, 3.8) is 0 Å². The van der Waals surface area contributed by atoms with Crippen molar-refractivity contribution in [2.75, 3.05) is 7.11 Å². The molecule has 1 saturated carbocycles. The molecule has 1 aromatic heterocycles. The normalized spacial score (nSPS) is 33.5. The van der Waals surface area contributed by atoms with E-state index >= 15 is 0 Å². The number of carbonyl (C=O) groups is 1. The average molecular weight is 260 g/mol. The van der Waals surface area contributed by atoms with E-state index in [1.807, 2.05) is 0 Å². The molecular formula is C15H20N2O2. The summed E-state index contributed by atoms with van der Waals surface area (Å²) in [4.78, 5) is 20.7. The van der Waals surface area contributed by atoms with Crippen molar-refractivity contribution in [1.82, 2.24) is 9.97 Å². The van der Waals surface area contributed by atoms with E-state index < -0.39 is 0 Å². The van der Waals surface area contributed by atoms with Crippen molar-refractivity contribution in [3.05, 3.63) is 17.6 Å². The molecule has 0 amide bonds. The van der Waals surface area contributed by atoms with Crippen LogP contribution in [-0.4, -0.2) is 22.9 Å². The molecule has 102 valence electrons. The molecule has 1 fully saturated rings. The summed E-state index contributed by atoms with van der Waals surface area (Å²) in [6.45, 7) is 4.33. The molecule has 2 aliphatic rings. The van der Waals surface area contributed by atoms with Gasteiger partial charge in [0.1, 0.15) is 12.1 Å². The smallest absolute Gasteiger partial charge is 0.219 e. The Morgan fingerprint density at radius 2 is 2.16 bits per heavy atom. The van der Waals surface area contributed by atoms with Crippen LogP contribution in [0.15, 0.2) is 6.33 Å². The summed E-state index contributed by atoms with van der Waals surface area (Å²) in [6.07, 6.45) is 5.09. The van der Waals surface area contributed by atoms with E-state index in [2.05, 4.69) is 23.8 Å². The first-order valence-electron chi connectivity index (χ1n) is 6.99. The van der Waals surface area contributed by atoms with Crippen molar-refractivity contribution in [2.45, 2.75) is 44.9 Å². The SMILES string of the molecule is COc1ncnc2c1CC[C@H]1[C@H](C)C(=O)CC[C@]21C. The minimum atomic E-state index is -0.00285. The fourth-order valence-electron chi connectivity index (χ4n) is 4.02. The lowest BCUT2D eigenvalue weighted by Crippen LogP contribution is -2.47. The van der Waals surface area contributed by atoms with Crippen molar-refractivity contribution >= 4 is 5.78 Å². The van der Waals surface area contributed by atoms with Crippen LogP contribution in [0.3, 0.4) is 0 Å². The van der Waals surface area contributed by atoms with Gasteiger partial charge in [-0.05, 0) is 25.2 Å². The van der Waals surface area contributed by atoms with E-state index in [-0.39, 0.29) is 11.3 Å². The fourth-order valence-corrected chi connectivity index (χ4v) is 4.02. The zero-order valence-electron chi connectivity index (χ0n) is 11.8. The quantitative estimate of drug-likeness (QED) is 0.777. The van der Waals surface area contributed by atoms with Crippen molar-refractivity contribution < 1.29 is 9.53 Å². The monoisotopic (exact) mass is 260 g/mol. The lowest BCUT2D eigenvalue weighted by molar-refractivity contribution is -0.128. The predicted molar refractivity (Wildman–Crippen MR) is 71.2 cm³/mol. The Morgan fingerprint density at radius 1 is 1.37 bits per heavy atom. The number of Topliss-reactive ketones (excluding diaryl/α,β-unsaturated/α-hetero) is 1. The van der Waals surface area contributed by atoms with E-state index in [0.717, 1.165) is 30.5 Å². The average Bonchev–Trinajstić information content (AvgIpc) is 2.43. The Balaban J connectivity index is 2.11. The third-order valence-electron chi connectivity index (χ3n) is 5.17. The molecule has 2 aliphatic carbocycles. The van der Waals surface area contributed by atoms with Crippen molar-refractivity contribution in [2.24, 2.45) is 11.8 Å². The molecule has 0 spiro atoms. The Kier molecular flexibility index (Phi) is 2.84. The molecule has 4 nitrogen and oxygen atoms in total. The summed E-state index contributed by atoms with van der Waals surface area (Å²) < 4.78 is 5.37. The lowest BCUT2D eigenvalue weighted by Gasteiger charge is -2.47. The Bertz CT molecular complexity index is 529. The van der Waals surface area contributed by atoms with E-state index in [4.69, 9.17) is 4.74 Å². The maximum atomic E-state index is 12.0. The first-order valence-corrected chi connectivity index (χ1v) is 6.99. The van der Waals surface area contributed by atoms with Gasteiger partial charge in [0.15, 0.2) is 0 Å². The van der Waals surface area contributed by atoms with Gasteiger partial charge in [-0.1, -0.05) is 13.8 Å². The number of methoxy groups -OCH3 is 1.